The standard InChI is InChI=1S/C12H13N3O3S/c1-15-8(5-6-14-15)7-13-11(16)9-3-4-10(19-9)12(17)18-2/h3-6H,7H2,1-2H3,(H,13,16). The number of thiophene rings is 1. The van der Waals surface area contributed by atoms with Gasteiger partial charge in [-0.15, -0.1) is 11.3 Å². The topological polar surface area (TPSA) is 73.2 Å². The van der Waals surface area contributed by atoms with Crippen molar-refractivity contribution in [2.24, 2.45) is 7.05 Å². The predicted octanol–water partition coefficient (Wildman–Crippen LogP) is 1.20. The van der Waals surface area contributed by atoms with Crippen LogP contribution < -0.4 is 5.32 Å². The van der Waals surface area contributed by atoms with Crippen LogP contribution in [0.15, 0.2) is 24.4 Å². The number of nitrogens with one attached hydrogen (secondary N) is 1. The number of nitrogens with zero attached hydrogens (tertiary/aromatic N) is 2. The van der Waals surface area contributed by atoms with Crippen LogP contribution in [0.5, 0.6) is 0 Å². The molecule has 2 aromatic rings. The van der Waals surface area contributed by atoms with Crippen molar-refractivity contribution < 1.29 is 14.3 Å². The van der Waals surface area contributed by atoms with Gasteiger partial charge in [0.05, 0.1) is 24.2 Å². The number of ether oxygens (including phenoxy) is 1. The Labute approximate surface area is 114 Å². The summed E-state index contributed by atoms with van der Waals surface area (Å²) in [5.41, 5.74) is 0.901. The van der Waals surface area contributed by atoms with Gasteiger partial charge in [-0.25, -0.2) is 4.79 Å². The molecule has 1 N–H and O–H groups in total. The van der Waals surface area contributed by atoms with E-state index in [2.05, 4.69) is 15.2 Å². The van der Waals surface area contributed by atoms with Crippen LogP contribution in [0.2, 0.25) is 0 Å². The van der Waals surface area contributed by atoms with E-state index in [9.17, 15) is 9.59 Å². The lowest BCUT2D eigenvalue weighted by atomic mass is 10.4. The van der Waals surface area contributed by atoms with Crippen LogP contribution in [0.1, 0.15) is 25.0 Å². The highest BCUT2D eigenvalue weighted by molar-refractivity contribution is 7.15. The monoisotopic (exact) mass is 279 g/mol. The number of methoxy groups -OCH3 is 1. The molecule has 0 saturated heterocycles. The summed E-state index contributed by atoms with van der Waals surface area (Å²) >= 11 is 1.11. The van der Waals surface area contributed by atoms with Gasteiger partial charge < -0.3 is 10.1 Å². The van der Waals surface area contributed by atoms with Crippen LogP contribution >= 0.6 is 11.3 Å². The molecular formula is C12H13N3O3S. The van der Waals surface area contributed by atoms with E-state index in [0.29, 0.717) is 16.3 Å². The first-order chi connectivity index (χ1) is 9.11. The number of aryl methyl sites for hydroxylation is 1. The fourth-order valence-corrected chi connectivity index (χ4v) is 2.34. The first-order valence-corrected chi connectivity index (χ1v) is 6.36. The highest BCUT2D eigenvalue weighted by Gasteiger charge is 2.14. The molecule has 0 bridgehead atoms. The zero-order valence-corrected chi connectivity index (χ0v) is 11.4. The van der Waals surface area contributed by atoms with Gasteiger partial charge in [0, 0.05) is 13.2 Å². The van der Waals surface area contributed by atoms with Gasteiger partial charge in [0.15, 0.2) is 0 Å². The van der Waals surface area contributed by atoms with E-state index >= 15 is 0 Å². The minimum absolute atomic E-state index is 0.221. The van der Waals surface area contributed by atoms with Crippen LogP contribution in [0, 0.1) is 0 Å². The van der Waals surface area contributed by atoms with E-state index in [4.69, 9.17) is 0 Å². The number of amides is 1. The lowest BCUT2D eigenvalue weighted by Crippen LogP contribution is -2.23. The highest BCUT2D eigenvalue weighted by atomic mass is 32.1. The number of hydrogen-bond donors (Lipinski definition) is 1. The summed E-state index contributed by atoms with van der Waals surface area (Å²) in [7, 11) is 3.12. The Bertz CT molecular complexity index is 603. The van der Waals surface area contributed by atoms with E-state index < -0.39 is 5.97 Å². The lowest BCUT2D eigenvalue weighted by Gasteiger charge is -2.03. The zero-order chi connectivity index (χ0) is 13.8. The van der Waals surface area contributed by atoms with E-state index in [-0.39, 0.29) is 5.91 Å². The van der Waals surface area contributed by atoms with E-state index in [1.54, 1.807) is 23.0 Å². The maximum absolute atomic E-state index is 11.9. The third-order valence-corrected chi connectivity index (χ3v) is 3.63. The van der Waals surface area contributed by atoms with Gasteiger partial charge in [0.2, 0.25) is 0 Å². The van der Waals surface area contributed by atoms with Gasteiger partial charge in [0.25, 0.3) is 5.91 Å². The molecular weight excluding hydrogens is 266 g/mol. The summed E-state index contributed by atoms with van der Waals surface area (Å²) in [6.45, 7) is 0.390. The molecule has 2 aromatic heterocycles. The van der Waals surface area contributed by atoms with Crippen LogP contribution in [0.4, 0.5) is 0 Å². The van der Waals surface area contributed by atoms with Crippen molar-refractivity contribution in [1.29, 1.82) is 0 Å². The maximum atomic E-state index is 11.9. The quantitative estimate of drug-likeness (QED) is 0.853. The second-order valence-corrected chi connectivity index (χ2v) is 4.87. The number of hydrogen-bond acceptors (Lipinski definition) is 5. The molecule has 2 heterocycles. The van der Waals surface area contributed by atoms with Gasteiger partial charge in [0.1, 0.15) is 4.88 Å². The molecule has 0 fully saturated rings. The molecule has 0 spiro atoms. The van der Waals surface area contributed by atoms with Crippen LogP contribution in [-0.4, -0.2) is 28.8 Å². The van der Waals surface area contributed by atoms with Crippen LogP contribution in [0.3, 0.4) is 0 Å². The Morgan fingerprint density at radius 1 is 1.37 bits per heavy atom. The Kier molecular flexibility index (Phi) is 3.96. The van der Waals surface area contributed by atoms with Gasteiger partial charge in [-0.3, -0.25) is 9.48 Å². The van der Waals surface area contributed by atoms with Crippen LogP contribution in [0.25, 0.3) is 0 Å². The van der Waals surface area contributed by atoms with Crippen molar-refractivity contribution in [2.45, 2.75) is 6.54 Å². The Morgan fingerprint density at radius 2 is 2.11 bits per heavy atom. The first-order valence-electron chi connectivity index (χ1n) is 5.55. The largest absolute Gasteiger partial charge is 0.465 e. The van der Waals surface area contributed by atoms with Crippen molar-refractivity contribution in [1.82, 2.24) is 15.1 Å². The van der Waals surface area contributed by atoms with Crippen LogP contribution in [-0.2, 0) is 18.3 Å². The molecule has 0 aliphatic rings. The van der Waals surface area contributed by atoms with Crippen molar-refractivity contribution in [3.8, 4) is 0 Å². The molecule has 1 amide bonds. The second kappa shape index (κ2) is 5.66. The summed E-state index contributed by atoms with van der Waals surface area (Å²) < 4.78 is 6.28. The fraction of sp³-hybridized carbons (Fsp3) is 0.250. The summed E-state index contributed by atoms with van der Waals surface area (Å²) in [5, 5.41) is 6.78. The van der Waals surface area contributed by atoms with E-state index in [0.717, 1.165) is 17.0 Å². The number of carbonyl (C=O) groups is 2. The highest BCUT2D eigenvalue weighted by Crippen LogP contribution is 2.17. The minimum Gasteiger partial charge on any atom is -0.465 e. The van der Waals surface area contributed by atoms with E-state index in [1.807, 2.05) is 13.1 Å². The number of carbonyl (C=O) groups excluding carboxylic acids is 2. The fourth-order valence-electron chi connectivity index (χ4n) is 1.50. The first kappa shape index (κ1) is 13.3. The zero-order valence-electron chi connectivity index (χ0n) is 10.5. The average Bonchev–Trinajstić information content (AvgIpc) is 3.04. The summed E-state index contributed by atoms with van der Waals surface area (Å²) in [6, 6.07) is 5.01. The molecule has 0 radical (unpaired) electrons. The number of esters is 1. The summed E-state index contributed by atoms with van der Waals surface area (Å²) in [6.07, 6.45) is 1.67. The molecule has 0 aliphatic carbocycles. The lowest BCUT2D eigenvalue weighted by molar-refractivity contribution is 0.0606. The smallest absolute Gasteiger partial charge is 0.348 e. The Balaban J connectivity index is 1.98. The molecule has 7 heteroatoms. The Hall–Kier alpha value is -2.15. The summed E-state index contributed by atoms with van der Waals surface area (Å²) in [5.74, 6) is -0.656. The van der Waals surface area contributed by atoms with Gasteiger partial charge in [-0.2, -0.15) is 5.10 Å². The molecule has 2 rings (SSSR count). The SMILES string of the molecule is COC(=O)c1ccc(C(=O)NCc2ccnn2C)s1. The molecule has 0 unspecified atom stereocenters. The van der Waals surface area contributed by atoms with Gasteiger partial charge in [-0.1, -0.05) is 0 Å². The van der Waals surface area contributed by atoms with Gasteiger partial charge >= 0.3 is 5.97 Å². The number of rotatable bonds is 4. The molecule has 0 aliphatic heterocycles. The van der Waals surface area contributed by atoms with Gasteiger partial charge in [-0.05, 0) is 18.2 Å². The normalized spacial score (nSPS) is 10.2. The maximum Gasteiger partial charge on any atom is 0.348 e. The molecule has 19 heavy (non-hydrogen) atoms. The molecule has 100 valence electrons. The third-order valence-electron chi connectivity index (χ3n) is 2.57. The number of aromatic nitrogens is 2. The second-order valence-electron chi connectivity index (χ2n) is 3.78. The molecule has 0 aromatic carbocycles. The molecule has 0 saturated carbocycles. The average molecular weight is 279 g/mol. The van der Waals surface area contributed by atoms with Crippen molar-refractivity contribution >= 4 is 23.2 Å². The van der Waals surface area contributed by atoms with Crippen molar-refractivity contribution in [3.05, 3.63) is 39.8 Å². The Morgan fingerprint density at radius 3 is 2.74 bits per heavy atom. The van der Waals surface area contributed by atoms with Crippen molar-refractivity contribution in [2.75, 3.05) is 7.11 Å². The predicted molar refractivity (Wildman–Crippen MR) is 70.0 cm³/mol. The minimum atomic E-state index is -0.435. The molecule has 6 nitrogen and oxygen atoms in total. The van der Waals surface area contributed by atoms with Crippen molar-refractivity contribution in [3.63, 3.8) is 0 Å². The molecule has 0 atom stereocenters. The van der Waals surface area contributed by atoms with E-state index in [1.165, 1.54) is 7.11 Å². The summed E-state index contributed by atoms with van der Waals surface area (Å²) in [4.78, 5) is 24.1. The third kappa shape index (κ3) is 3.00.